The molecule has 0 aliphatic carbocycles. The molecule has 3 N–H and O–H groups in total. The number of benzene rings is 5. The Morgan fingerprint density at radius 3 is 2.27 bits per heavy atom. The molecule has 2 aromatic heterocycles. The molecule has 0 aliphatic rings. The van der Waals surface area contributed by atoms with E-state index in [1.54, 1.807) is 49.5 Å². The Morgan fingerprint density at radius 1 is 0.863 bits per heavy atom. The largest absolute Gasteiger partial charge is 0.573 e. The number of fused-ring (bicyclic) bond motifs is 3. The average Bonchev–Trinajstić information content (AvgIpc) is 3.48. The number of H-pyrrole nitrogens is 1. The van der Waals surface area contributed by atoms with Gasteiger partial charge in [0.2, 0.25) is 10.0 Å². The highest BCUT2D eigenvalue weighted by molar-refractivity contribution is 7.89. The number of halogens is 3. The van der Waals surface area contributed by atoms with Crippen LogP contribution in [0.25, 0.3) is 32.6 Å². The van der Waals surface area contributed by atoms with Crippen molar-refractivity contribution in [3.05, 3.63) is 148 Å². The number of pyridine rings is 1. The number of sulfonamides is 1. The Morgan fingerprint density at radius 2 is 1.53 bits per heavy atom. The number of nitrogens with zero attached hydrogens (tertiary/aromatic N) is 1. The number of rotatable bonds is 10. The third-order valence-corrected chi connectivity index (χ3v) is 10.6. The number of ether oxygens (including phenoxy) is 1. The van der Waals surface area contributed by atoms with Gasteiger partial charge in [-0.3, -0.25) is 4.79 Å². The zero-order valence-electron chi connectivity index (χ0n) is 27.2. The Hall–Kier alpha value is -5.59. The van der Waals surface area contributed by atoms with Crippen molar-refractivity contribution in [1.82, 2.24) is 14.3 Å². The number of para-hydroxylation sites is 2. The first-order chi connectivity index (χ1) is 24.4. The van der Waals surface area contributed by atoms with E-state index in [0.717, 1.165) is 27.2 Å². The highest BCUT2D eigenvalue weighted by Crippen LogP contribution is 2.42. The van der Waals surface area contributed by atoms with E-state index in [0.29, 0.717) is 35.0 Å². The van der Waals surface area contributed by atoms with E-state index < -0.39 is 33.6 Å². The van der Waals surface area contributed by atoms with E-state index >= 15 is 0 Å². The first-order valence-corrected chi connectivity index (χ1v) is 17.6. The normalized spacial score (nSPS) is 12.9. The quantitative estimate of drug-likeness (QED) is 0.125. The molecule has 0 spiro atoms. The third kappa shape index (κ3) is 6.67. The van der Waals surface area contributed by atoms with Gasteiger partial charge >= 0.3 is 6.36 Å². The van der Waals surface area contributed by atoms with Crippen molar-refractivity contribution in [3.63, 3.8) is 0 Å². The van der Waals surface area contributed by atoms with Crippen molar-refractivity contribution < 1.29 is 31.4 Å². The van der Waals surface area contributed by atoms with Crippen LogP contribution in [-0.4, -0.2) is 36.0 Å². The number of alkyl halides is 3. The van der Waals surface area contributed by atoms with Crippen LogP contribution >= 0.6 is 0 Å². The molecule has 0 saturated heterocycles. The summed E-state index contributed by atoms with van der Waals surface area (Å²) in [4.78, 5) is 17.7. The van der Waals surface area contributed by atoms with Crippen molar-refractivity contribution in [3.8, 4) is 11.5 Å². The van der Waals surface area contributed by atoms with Crippen LogP contribution in [-0.2, 0) is 23.5 Å². The number of aryl methyl sites for hydroxylation is 2. The molecule has 2 heterocycles. The lowest BCUT2D eigenvalue weighted by molar-refractivity contribution is -0.274. The maximum atomic E-state index is 14.1. The monoisotopic (exact) mass is 711 g/mol. The molecule has 0 bridgehead atoms. The highest BCUT2D eigenvalue weighted by atomic mass is 32.2. The van der Waals surface area contributed by atoms with E-state index in [1.807, 2.05) is 48.5 Å². The maximum Gasteiger partial charge on any atom is 0.573 e. The van der Waals surface area contributed by atoms with Gasteiger partial charge < -0.3 is 19.4 Å². The van der Waals surface area contributed by atoms with Crippen molar-refractivity contribution in [2.45, 2.75) is 30.0 Å². The molecule has 8 nitrogen and oxygen atoms in total. The molecule has 12 heteroatoms. The smallest absolute Gasteiger partial charge is 0.507 e. The van der Waals surface area contributed by atoms with Gasteiger partial charge in [-0.15, -0.1) is 13.2 Å². The van der Waals surface area contributed by atoms with Crippen molar-refractivity contribution in [1.29, 1.82) is 0 Å². The summed E-state index contributed by atoms with van der Waals surface area (Å²) in [6.45, 7) is 0.102. The fourth-order valence-corrected chi connectivity index (χ4v) is 7.84. The standard InChI is InChI=1S/C39H32F3N3O5S/c1-45-33-15-7-5-12-31(33)37(46)35(38(45)47)34(25-16-19-27(20-17-25)50-39(40,41)42)36-30(29-11-4-6-14-32(29)44-36)13-8-22-43-51(48,49)28-21-18-24-9-2-3-10-26(24)23-28/h2-7,9-12,14-21,23,34,43-44,46H,8,13,22H2,1H3. The van der Waals surface area contributed by atoms with Gasteiger partial charge in [-0.05, 0) is 77.2 Å². The fraction of sp³-hybridized carbons (Fsp3) is 0.154. The van der Waals surface area contributed by atoms with Crippen molar-refractivity contribution in [2.75, 3.05) is 6.54 Å². The molecule has 7 rings (SSSR count). The Kier molecular flexibility index (Phi) is 8.82. The summed E-state index contributed by atoms with van der Waals surface area (Å²) in [7, 11) is -2.23. The van der Waals surface area contributed by atoms with Crippen molar-refractivity contribution >= 4 is 42.6 Å². The number of nitrogens with one attached hydrogen (secondary N) is 2. The molecule has 1 atom stereocenters. The summed E-state index contributed by atoms with van der Waals surface area (Å²) in [5.41, 5.74) is 2.53. The first kappa shape index (κ1) is 33.9. The zero-order valence-corrected chi connectivity index (χ0v) is 28.1. The zero-order chi connectivity index (χ0) is 35.9. The van der Waals surface area contributed by atoms with E-state index in [1.165, 1.54) is 28.8 Å². The summed E-state index contributed by atoms with van der Waals surface area (Å²) in [5.74, 6) is -1.64. The molecule has 5 aromatic carbocycles. The minimum Gasteiger partial charge on any atom is -0.507 e. The van der Waals surface area contributed by atoms with Gasteiger partial charge in [0.25, 0.3) is 5.56 Å². The first-order valence-electron chi connectivity index (χ1n) is 16.2. The van der Waals surface area contributed by atoms with E-state index in [-0.39, 0.29) is 22.8 Å². The number of aromatic amines is 1. The number of aromatic hydroxyl groups is 1. The molecule has 0 amide bonds. The molecule has 0 aliphatic heterocycles. The minimum absolute atomic E-state index is 0.0329. The summed E-state index contributed by atoms with van der Waals surface area (Å²) in [6, 6.07) is 32.0. The van der Waals surface area contributed by atoms with E-state index in [4.69, 9.17) is 0 Å². The molecule has 0 radical (unpaired) electrons. The Bertz CT molecular complexity index is 2580. The second-order valence-electron chi connectivity index (χ2n) is 12.3. The predicted molar refractivity (Wildman–Crippen MR) is 191 cm³/mol. The second kappa shape index (κ2) is 13.3. The lowest BCUT2D eigenvalue weighted by Gasteiger charge is -2.22. The second-order valence-corrected chi connectivity index (χ2v) is 14.0. The van der Waals surface area contributed by atoms with Gasteiger partial charge in [0.15, 0.2) is 0 Å². The van der Waals surface area contributed by atoms with Crippen LogP contribution < -0.4 is 15.0 Å². The number of aromatic nitrogens is 2. The molecule has 260 valence electrons. The third-order valence-electron chi connectivity index (χ3n) is 9.11. The van der Waals surface area contributed by atoms with Gasteiger partial charge in [0.1, 0.15) is 11.5 Å². The van der Waals surface area contributed by atoms with Crippen molar-refractivity contribution in [2.24, 2.45) is 7.05 Å². The van der Waals surface area contributed by atoms with Crippen LogP contribution in [0.2, 0.25) is 0 Å². The number of hydrogen-bond donors (Lipinski definition) is 3. The average molecular weight is 712 g/mol. The molecule has 0 fully saturated rings. The molecule has 7 aromatic rings. The molecule has 51 heavy (non-hydrogen) atoms. The summed E-state index contributed by atoms with van der Waals surface area (Å²) in [5, 5.41) is 14.7. The number of hydrogen-bond acceptors (Lipinski definition) is 5. The SMILES string of the molecule is Cn1c(=O)c(C(c2ccc(OC(F)(F)F)cc2)c2[nH]c3ccccc3c2CCCNS(=O)(=O)c2ccc3ccccc3c2)c(O)c2ccccc21. The summed E-state index contributed by atoms with van der Waals surface area (Å²) < 4.78 is 73.9. The Balaban J connectivity index is 1.29. The lowest BCUT2D eigenvalue weighted by Crippen LogP contribution is -2.26. The van der Waals surface area contributed by atoms with E-state index in [9.17, 15) is 31.5 Å². The topological polar surface area (TPSA) is 113 Å². The maximum absolute atomic E-state index is 14.1. The molecule has 1 unspecified atom stereocenters. The summed E-state index contributed by atoms with van der Waals surface area (Å²) >= 11 is 0. The fourth-order valence-electron chi connectivity index (χ4n) is 6.73. The van der Waals surface area contributed by atoms with Crippen LogP contribution in [0, 0.1) is 0 Å². The molecular weight excluding hydrogens is 680 g/mol. The summed E-state index contributed by atoms with van der Waals surface area (Å²) in [6.07, 6.45) is -4.16. The van der Waals surface area contributed by atoms with Gasteiger partial charge in [-0.1, -0.05) is 72.8 Å². The van der Waals surface area contributed by atoms with Gasteiger partial charge in [-0.25, -0.2) is 13.1 Å². The van der Waals surface area contributed by atoms with Crippen LogP contribution in [0.5, 0.6) is 11.5 Å². The molecule has 0 saturated carbocycles. The van der Waals surface area contributed by atoms with Crippen LogP contribution in [0.4, 0.5) is 13.2 Å². The van der Waals surface area contributed by atoms with Crippen LogP contribution in [0.1, 0.15) is 34.7 Å². The Labute approximate surface area is 290 Å². The minimum atomic E-state index is -4.90. The van der Waals surface area contributed by atoms with Gasteiger partial charge in [-0.2, -0.15) is 0 Å². The van der Waals surface area contributed by atoms with Crippen LogP contribution in [0.3, 0.4) is 0 Å². The highest BCUT2D eigenvalue weighted by Gasteiger charge is 2.33. The van der Waals surface area contributed by atoms with Crippen LogP contribution in [0.15, 0.2) is 125 Å². The predicted octanol–water partition coefficient (Wildman–Crippen LogP) is 7.87. The van der Waals surface area contributed by atoms with Gasteiger partial charge in [0, 0.05) is 35.6 Å². The van der Waals surface area contributed by atoms with E-state index in [2.05, 4.69) is 14.4 Å². The molecular formula is C39H32F3N3O5S. The lowest BCUT2D eigenvalue weighted by atomic mass is 9.85. The van der Waals surface area contributed by atoms with Gasteiger partial charge in [0.05, 0.1) is 21.9 Å².